The van der Waals surface area contributed by atoms with E-state index in [9.17, 15) is 9.18 Å². The Hall–Kier alpha value is -1.62. The summed E-state index contributed by atoms with van der Waals surface area (Å²) in [6, 6.07) is 4.43. The molecule has 0 aliphatic heterocycles. The van der Waals surface area contributed by atoms with E-state index >= 15 is 0 Å². The summed E-state index contributed by atoms with van der Waals surface area (Å²) in [4.78, 5) is 11.7. The van der Waals surface area contributed by atoms with Crippen molar-refractivity contribution in [3.8, 4) is 5.75 Å². The fraction of sp³-hybridized carbons (Fsp3) is 0.462. The molecule has 0 unspecified atom stereocenters. The van der Waals surface area contributed by atoms with E-state index < -0.39 is 11.4 Å². The third-order valence-corrected chi connectivity index (χ3v) is 2.60. The van der Waals surface area contributed by atoms with Crippen molar-refractivity contribution in [2.75, 3.05) is 13.7 Å². The first-order valence-corrected chi connectivity index (χ1v) is 5.71. The summed E-state index contributed by atoms with van der Waals surface area (Å²) in [5.74, 6) is -0.275. The number of nitrogens with one attached hydrogen (secondary N) is 1. The van der Waals surface area contributed by atoms with Gasteiger partial charge in [-0.2, -0.15) is 0 Å². The van der Waals surface area contributed by atoms with Gasteiger partial charge in [-0.1, -0.05) is 6.07 Å². The molecule has 0 aromatic heterocycles. The number of benzene rings is 1. The maximum atomic E-state index is 13.6. The van der Waals surface area contributed by atoms with Crippen molar-refractivity contribution in [2.24, 2.45) is 5.73 Å². The summed E-state index contributed by atoms with van der Waals surface area (Å²) in [5, 5.41) is 2.75. The lowest BCUT2D eigenvalue weighted by Crippen LogP contribution is -2.49. The number of carbonyl (C=O) groups is 1. The molecule has 0 aliphatic carbocycles. The zero-order chi connectivity index (χ0) is 13.8. The molecule has 0 saturated carbocycles. The first-order valence-electron chi connectivity index (χ1n) is 5.71. The molecule has 18 heavy (non-hydrogen) atoms. The van der Waals surface area contributed by atoms with Crippen LogP contribution in [-0.4, -0.2) is 25.1 Å². The average molecular weight is 254 g/mol. The molecule has 0 fully saturated rings. The Morgan fingerprint density at radius 3 is 2.67 bits per heavy atom. The molecule has 3 N–H and O–H groups in total. The topological polar surface area (TPSA) is 64.3 Å². The summed E-state index contributed by atoms with van der Waals surface area (Å²) in [6.45, 7) is 3.95. The summed E-state index contributed by atoms with van der Waals surface area (Å²) in [7, 11) is 1.46. The van der Waals surface area contributed by atoms with Crippen molar-refractivity contribution >= 4 is 5.91 Å². The van der Waals surface area contributed by atoms with Gasteiger partial charge in [0.05, 0.1) is 13.5 Å². The molecule has 1 aromatic carbocycles. The summed E-state index contributed by atoms with van der Waals surface area (Å²) in [5.41, 5.74) is 5.36. The molecule has 100 valence electrons. The van der Waals surface area contributed by atoms with Crippen LogP contribution in [0.5, 0.6) is 5.75 Å². The van der Waals surface area contributed by atoms with Crippen molar-refractivity contribution in [2.45, 2.75) is 25.8 Å². The smallest absolute Gasteiger partial charge is 0.224 e. The number of hydrogen-bond donors (Lipinski definition) is 2. The van der Waals surface area contributed by atoms with Gasteiger partial charge in [0.25, 0.3) is 0 Å². The quantitative estimate of drug-likeness (QED) is 0.830. The van der Waals surface area contributed by atoms with Crippen molar-refractivity contribution < 1.29 is 13.9 Å². The Balaban J connectivity index is 2.71. The molecule has 0 heterocycles. The minimum Gasteiger partial charge on any atom is -0.497 e. The monoisotopic (exact) mass is 254 g/mol. The number of methoxy groups -OCH3 is 1. The van der Waals surface area contributed by atoms with Crippen LogP contribution in [0, 0.1) is 5.82 Å². The van der Waals surface area contributed by atoms with Crippen LogP contribution < -0.4 is 15.8 Å². The van der Waals surface area contributed by atoms with Crippen LogP contribution in [0.25, 0.3) is 0 Å². The summed E-state index contributed by atoms with van der Waals surface area (Å²) in [6.07, 6.45) is -0.0146. The standard InChI is InChI=1S/C13H19FN2O2/c1-13(2,8-15)16-12(17)6-9-4-5-10(18-3)7-11(9)14/h4-5,7H,6,8,15H2,1-3H3,(H,16,17). The van der Waals surface area contributed by atoms with Crippen LogP contribution in [-0.2, 0) is 11.2 Å². The highest BCUT2D eigenvalue weighted by molar-refractivity contribution is 5.79. The second-order valence-corrected chi connectivity index (χ2v) is 4.77. The molecule has 0 spiro atoms. The van der Waals surface area contributed by atoms with E-state index in [0.29, 0.717) is 17.9 Å². The van der Waals surface area contributed by atoms with E-state index in [1.807, 2.05) is 13.8 Å². The van der Waals surface area contributed by atoms with Crippen molar-refractivity contribution in [3.63, 3.8) is 0 Å². The Kier molecular flexibility index (Phi) is 4.67. The van der Waals surface area contributed by atoms with Gasteiger partial charge in [0.15, 0.2) is 0 Å². The highest BCUT2D eigenvalue weighted by atomic mass is 19.1. The van der Waals surface area contributed by atoms with Crippen LogP contribution in [0.2, 0.25) is 0 Å². The molecule has 4 nitrogen and oxygen atoms in total. The van der Waals surface area contributed by atoms with Crippen molar-refractivity contribution in [3.05, 3.63) is 29.6 Å². The third-order valence-electron chi connectivity index (χ3n) is 2.60. The Morgan fingerprint density at radius 1 is 1.50 bits per heavy atom. The number of rotatable bonds is 5. The van der Waals surface area contributed by atoms with Gasteiger partial charge in [0.1, 0.15) is 11.6 Å². The van der Waals surface area contributed by atoms with Crippen LogP contribution in [0.3, 0.4) is 0 Å². The number of hydrogen-bond acceptors (Lipinski definition) is 3. The zero-order valence-corrected chi connectivity index (χ0v) is 10.9. The van der Waals surface area contributed by atoms with Crippen LogP contribution in [0.15, 0.2) is 18.2 Å². The predicted octanol–water partition coefficient (Wildman–Crippen LogP) is 1.23. The van der Waals surface area contributed by atoms with Crippen LogP contribution >= 0.6 is 0 Å². The number of halogens is 1. The number of amides is 1. The normalized spacial score (nSPS) is 11.2. The van der Waals surface area contributed by atoms with Gasteiger partial charge in [-0.25, -0.2) is 4.39 Å². The molecule has 5 heteroatoms. The molecule has 0 atom stereocenters. The molecular formula is C13H19FN2O2. The lowest BCUT2D eigenvalue weighted by atomic mass is 10.0. The number of ether oxygens (including phenoxy) is 1. The highest BCUT2D eigenvalue weighted by Gasteiger charge is 2.19. The number of nitrogens with two attached hydrogens (primary N) is 1. The van der Waals surface area contributed by atoms with Gasteiger partial charge >= 0.3 is 0 Å². The molecule has 0 saturated heterocycles. The largest absolute Gasteiger partial charge is 0.497 e. The fourth-order valence-electron chi connectivity index (χ4n) is 1.44. The molecule has 0 aliphatic rings. The first kappa shape index (κ1) is 14.4. The zero-order valence-electron chi connectivity index (χ0n) is 10.9. The Bertz CT molecular complexity index is 433. The van der Waals surface area contributed by atoms with E-state index in [4.69, 9.17) is 10.5 Å². The molecule has 1 rings (SSSR count). The molecular weight excluding hydrogens is 235 g/mol. The van der Waals surface area contributed by atoms with Crippen molar-refractivity contribution in [1.29, 1.82) is 0 Å². The molecule has 1 aromatic rings. The fourth-order valence-corrected chi connectivity index (χ4v) is 1.44. The molecule has 0 bridgehead atoms. The molecule has 1 amide bonds. The van der Waals surface area contributed by atoms with Gasteiger partial charge in [-0.05, 0) is 25.5 Å². The maximum absolute atomic E-state index is 13.6. The van der Waals surface area contributed by atoms with E-state index in [1.54, 1.807) is 12.1 Å². The molecule has 0 radical (unpaired) electrons. The minimum atomic E-state index is -0.486. The highest BCUT2D eigenvalue weighted by Crippen LogP contribution is 2.16. The summed E-state index contributed by atoms with van der Waals surface area (Å²) < 4.78 is 18.5. The van der Waals surface area contributed by atoms with Crippen molar-refractivity contribution in [1.82, 2.24) is 5.32 Å². The van der Waals surface area contributed by atoms with Gasteiger partial charge in [0, 0.05) is 18.2 Å². The van der Waals surface area contributed by atoms with Crippen LogP contribution in [0.1, 0.15) is 19.4 Å². The lowest BCUT2D eigenvalue weighted by Gasteiger charge is -2.24. The lowest BCUT2D eigenvalue weighted by molar-refractivity contribution is -0.121. The van der Waals surface area contributed by atoms with Gasteiger partial charge in [-0.3, -0.25) is 4.79 Å². The van der Waals surface area contributed by atoms with E-state index in [1.165, 1.54) is 13.2 Å². The van der Waals surface area contributed by atoms with Gasteiger partial charge in [0.2, 0.25) is 5.91 Å². The van der Waals surface area contributed by atoms with E-state index in [0.717, 1.165) is 0 Å². The van der Waals surface area contributed by atoms with Gasteiger partial charge < -0.3 is 15.8 Å². The SMILES string of the molecule is COc1ccc(CC(=O)NC(C)(C)CN)c(F)c1. The second-order valence-electron chi connectivity index (χ2n) is 4.77. The Morgan fingerprint density at radius 2 is 2.17 bits per heavy atom. The number of carbonyl (C=O) groups excluding carboxylic acids is 1. The Labute approximate surface area is 106 Å². The van der Waals surface area contributed by atoms with Crippen LogP contribution in [0.4, 0.5) is 4.39 Å². The maximum Gasteiger partial charge on any atom is 0.224 e. The summed E-state index contributed by atoms with van der Waals surface area (Å²) >= 11 is 0. The third kappa shape index (κ3) is 4.00. The van der Waals surface area contributed by atoms with E-state index in [2.05, 4.69) is 5.32 Å². The van der Waals surface area contributed by atoms with E-state index in [-0.39, 0.29) is 12.3 Å². The van der Waals surface area contributed by atoms with Gasteiger partial charge in [-0.15, -0.1) is 0 Å². The average Bonchev–Trinajstić information content (AvgIpc) is 2.31. The first-order chi connectivity index (χ1) is 8.38. The predicted molar refractivity (Wildman–Crippen MR) is 67.9 cm³/mol. The second kappa shape index (κ2) is 5.82. The minimum absolute atomic E-state index is 0.0146.